The highest BCUT2D eigenvalue weighted by molar-refractivity contribution is 6.87. The summed E-state index contributed by atoms with van der Waals surface area (Å²) in [4.78, 5) is 30.2. The summed E-state index contributed by atoms with van der Waals surface area (Å²) in [6.07, 6.45) is 8.93. The number of H-pyrrole nitrogens is 2. The number of nitrogens with zero attached hydrogens (tertiary/aromatic N) is 2. The summed E-state index contributed by atoms with van der Waals surface area (Å²) in [7, 11) is -3.13. The van der Waals surface area contributed by atoms with Crippen LogP contribution in [-0.2, 0) is 0 Å². The van der Waals surface area contributed by atoms with Crippen LogP contribution in [0.4, 0.5) is 0 Å². The molecule has 2 aromatic carbocycles. The van der Waals surface area contributed by atoms with E-state index < -0.39 is 16.1 Å². The van der Waals surface area contributed by atoms with E-state index in [0.717, 1.165) is 73.3 Å². The highest BCUT2D eigenvalue weighted by atomic mass is 28.3. The van der Waals surface area contributed by atoms with Crippen molar-refractivity contribution in [1.29, 1.82) is 0 Å². The molecule has 2 aliphatic heterocycles. The van der Waals surface area contributed by atoms with Crippen LogP contribution in [0.2, 0.25) is 36.3 Å². The van der Waals surface area contributed by atoms with Crippen LogP contribution < -0.4 is 0 Å². The van der Waals surface area contributed by atoms with Crippen LogP contribution >= 0.6 is 0 Å². The van der Waals surface area contributed by atoms with E-state index in [1.54, 1.807) is 0 Å². The first-order valence-electron chi connectivity index (χ1n) is 20.1. The van der Waals surface area contributed by atoms with Crippen molar-refractivity contribution in [1.82, 2.24) is 19.9 Å². The minimum atomic E-state index is -1.56. The molecule has 0 amide bonds. The molecule has 0 saturated heterocycles. The molecule has 7 rings (SSSR count). The number of aldehydes is 1. The topological polar surface area (TPSA) is 74.4 Å². The average molecular weight is 767 g/mol. The van der Waals surface area contributed by atoms with Crippen LogP contribution in [0.25, 0.3) is 68.6 Å². The van der Waals surface area contributed by atoms with Crippen LogP contribution in [0.15, 0.2) is 78.9 Å². The number of hydrogen-bond donors (Lipinski definition) is 2. The molecular weight excluding hydrogens is 717 g/mol. The van der Waals surface area contributed by atoms with Crippen molar-refractivity contribution < 1.29 is 4.79 Å². The van der Waals surface area contributed by atoms with Gasteiger partial charge in [-0.15, -0.1) is 11.1 Å². The zero-order valence-electron chi connectivity index (χ0n) is 33.4. The van der Waals surface area contributed by atoms with E-state index >= 15 is 0 Å². The molecule has 0 spiro atoms. The maximum atomic E-state index is 12.8. The number of hydrogen-bond acceptors (Lipinski definition) is 3. The minimum Gasteiger partial charge on any atom is -0.355 e. The summed E-state index contributed by atoms with van der Waals surface area (Å²) in [5.41, 5.74) is 20.4. The van der Waals surface area contributed by atoms with E-state index in [1.165, 1.54) is 36.3 Å². The van der Waals surface area contributed by atoms with Gasteiger partial charge in [-0.2, -0.15) is 0 Å². The number of aromatic amines is 2. The Kier molecular flexibility index (Phi) is 11.4. The highest BCUT2D eigenvalue weighted by Crippen LogP contribution is 2.34. The van der Waals surface area contributed by atoms with E-state index in [1.807, 2.05) is 30.4 Å². The SMILES string of the molecule is CC[Si](C#Cc1ccc(-c2c3nc(c(C=O)c4ccc([nH]4)c(-c4ccc(C#C[Si](CC)(CC)CC)cc4)c4nc(cc5ccc2[nH]5)C=C4)C=C3)cc1)(CC)CC. The van der Waals surface area contributed by atoms with E-state index in [4.69, 9.17) is 9.97 Å². The van der Waals surface area contributed by atoms with Gasteiger partial charge >= 0.3 is 0 Å². The van der Waals surface area contributed by atoms with Gasteiger partial charge in [-0.05, 0) is 126 Å². The van der Waals surface area contributed by atoms with Gasteiger partial charge in [0.2, 0.25) is 0 Å². The van der Waals surface area contributed by atoms with Crippen LogP contribution in [0.1, 0.15) is 85.8 Å². The van der Waals surface area contributed by atoms with Gasteiger partial charge in [0.1, 0.15) is 16.1 Å². The number of benzene rings is 2. The molecule has 0 unspecified atom stereocenters. The largest absolute Gasteiger partial charge is 0.355 e. The summed E-state index contributed by atoms with van der Waals surface area (Å²) in [6, 6.07) is 34.2. The molecule has 3 aromatic heterocycles. The fourth-order valence-corrected chi connectivity index (χ4v) is 12.7. The number of fused-ring (bicyclic) bond motifs is 8. The Morgan fingerprint density at radius 2 is 1.00 bits per heavy atom. The van der Waals surface area contributed by atoms with Crippen molar-refractivity contribution in [2.45, 2.75) is 77.8 Å². The molecule has 5 heterocycles. The van der Waals surface area contributed by atoms with Crippen molar-refractivity contribution >= 4 is 68.8 Å². The molecule has 2 aliphatic rings. The Morgan fingerprint density at radius 1 is 0.536 bits per heavy atom. The van der Waals surface area contributed by atoms with Gasteiger partial charge in [-0.25, -0.2) is 9.97 Å². The lowest BCUT2D eigenvalue weighted by molar-refractivity contribution is 0.112. The Balaban J connectivity index is 1.39. The first kappa shape index (κ1) is 38.5. The van der Waals surface area contributed by atoms with Crippen LogP contribution in [-0.4, -0.2) is 42.4 Å². The smallest absolute Gasteiger partial charge is 0.154 e. The molecule has 8 bridgehead atoms. The van der Waals surface area contributed by atoms with E-state index in [0.29, 0.717) is 16.8 Å². The maximum absolute atomic E-state index is 12.8. The standard InChI is InChI=1S/C49H50N4OSi2/c1-7-55(8-2,9-3)31-29-35-13-17-37(18-14-35)48-44-23-21-39(50-44)33-40-22-24-45(51-40)49(38-19-15-36(16-20-38)30-32-56(10-4,11-5)12-6)47-28-26-43(53-47)41(34-54)42-25-27-46(48)52-42/h13-28,33-34,50,53H,7-12H2,1-6H3. The summed E-state index contributed by atoms with van der Waals surface area (Å²) in [6.45, 7) is 13.7. The number of nitrogens with one attached hydrogen (secondary N) is 2. The second-order valence-electron chi connectivity index (χ2n) is 14.8. The second-order valence-corrected chi connectivity index (χ2v) is 24.7. The average Bonchev–Trinajstić information content (AvgIpc) is 4.09. The zero-order valence-corrected chi connectivity index (χ0v) is 35.4. The molecule has 0 fully saturated rings. The Morgan fingerprint density at radius 3 is 1.54 bits per heavy atom. The molecule has 0 atom stereocenters. The zero-order chi connectivity index (χ0) is 39.3. The highest BCUT2D eigenvalue weighted by Gasteiger charge is 2.25. The van der Waals surface area contributed by atoms with Crippen LogP contribution in [0, 0.1) is 22.9 Å². The lowest BCUT2D eigenvalue weighted by Crippen LogP contribution is -2.29. The van der Waals surface area contributed by atoms with Crippen molar-refractivity contribution in [2.24, 2.45) is 0 Å². The summed E-state index contributed by atoms with van der Waals surface area (Å²) >= 11 is 0. The molecule has 0 aliphatic carbocycles. The molecule has 5 aromatic rings. The van der Waals surface area contributed by atoms with Gasteiger partial charge in [0.25, 0.3) is 0 Å². The van der Waals surface area contributed by atoms with Gasteiger partial charge in [0.15, 0.2) is 6.29 Å². The molecule has 56 heavy (non-hydrogen) atoms. The third-order valence-electron chi connectivity index (χ3n) is 12.1. The fourth-order valence-electron chi connectivity index (χ4n) is 7.77. The molecule has 280 valence electrons. The Bertz CT molecular complexity index is 2530. The van der Waals surface area contributed by atoms with Crippen LogP contribution in [0.5, 0.6) is 0 Å². The molecular formula is C49H50N4OSi2. The quantitative estimate of drug-likeness (QED) is 0.0873. The van der Waals surface area contributed by atoms with Crippen molar-refractivity contribution in [3.8, 4) is 45.2 Å². The summed E-state index contributed by atoms with van der Waals surface area (Å²) < 4.78 is 0. The fraction of sp³-hybridized carbons (Fsp3) is 0.245. The normalized spacial score (nSPS) is 12.2. The first-order valence-corrected chi connectivity index (χ1v) is 25.4. The lowest BCUT2D eigenvalue weighted by Gasteiger charge is -2.20. The van der Waals surface area contributed by atoms with E-state index in [2.05, 4.69) is 147 Å². The predicted octanol–water partition coefficient (Wildman–Crippen LogP) is 12.6. The Labute approximate surface area is 333 Å². The van der Waals surface area contributed by atoms with Crippen molar-refractivity contribution in [3.05, 3.63) is 118 Å². The summed E-state index contributed by atoms with van der Waals surface area (Å²) in [5.74, 6) is 7.02. The van der Waals surface area contributed by atoms with Gasteiger partial charge < -0.3 is 9.97 Å². The third kappa shape index (κ3) is 7.71. The van der Waals surface area contributed by atoms with Crippen LogP contribution in [0.3, 0.4) is 0 Å². The lowest BCUT2D eigenvalue weighted by atomic mass is 10.0. The monoisotopic (exact) mass is 766 g/mol. The molecule has 2 N–H and O–H groups in total. The summed E-state index contributed by atoms with van der Waals surface area (Å²) in [5, 5.41) is 0. The Hall–Kier alpha value is -5.74. The molecule has 5 nitrogen and oxygen atoms in total. The van der Waals surface area contributed by atoms with Gasteiger partial charge in [0.05, 0.1) is 33.9 Å². The third-order valence-corrected chi connectivity index (χ3v) is 21.5. The number of carbonyl (C=O) groups excluding carboxylic acids is 1. The van der Waals surface area contributed by atoms with Gasteiger partial charge in [-0.1, -0.05) is 77.6 Å². The van der Waals surface area contributed by atoms with Gasteiger partial charge in [-0.3, -0.25) is 4.79 Å². The predicted molar refractivity (Wildman–Crippen MR) is 243 cm³/mol. The molecule has 0 radical (unpaired) electrons. The molecule has 0 saturated carbocycles. The van der Waals surface area contributed by atoms with Crippen molar-refractivity contribution in [3.63, 3.8) is 0 Å². The van der Waals surface area contributed by atoms with E-state index in [-0.39, 0.29) is 0 Å². The molecule has 7 heteroatoms. The van der Waals surface area contributed by atoms with Gasteiger partial charge in [0, 0.05) is 38.8 Å². The number of aromatic nitrogens is 4. The van der Waals surface area contributed by atoms with E-state index in [9.17, 15) is 4.79 Å². The maximum Gasteiger partial charge on any atom is 0.154 e. The second kappa shape index (κ2) is 16.6. The number of rotatable bonds is 9. The van der Waals surface area contributed by atoms with Crippen molar-refractivity contribution in [2.75, 3.05) is 0 Å². The minimum absolute atomic E-state index is 0.493. The number of carbonyl (C=O) groups is 1. The first-order chi connectivity index (χ1) is 27.3.